The fourth-order valence-corrected chi connectivity index (χ4v) is 3.83. The minimum absolute atomic E-state index is 0.0245. The van der Waals surface area contributed by atoms with Crippen LogP contribution in [0.15, 0.2) is 97.1 Å². The van der Waals surface area contributed by atoms with E-state index in [2.05, 4.69) is 80.7 Å². The lowest BCUT2D eigenvalue weighted by atomic mass is 9.86. The first kappa shape index (κ1) is 22.0. The molecule has 0 aliphatic heterocycles. The molecule has 0 aliphatic carbocycles. The Morgan fingerprint density at radius 3 is 2.09 bits per heavy atom. The van der Waals surface area contributed by atoms with Gasteiger partial charge in [-0.05, 0) is 40.3 Å². The molecular formula is C29H28ClNO. The second-order valence-electron chi connectivity index (χ2n) is 8.91. The Kier molecular flexibility index (Phi) is 6.53. The summed E-state index contributed by atoms with van der Waals surface area (Å²) in [4.78, 5) is 0. The quantitative estimate of drug-likeness (QED) is 0.323. The summed E-state index contributed by atoms with van der Waals surface area (Å²) in [6, 6.07) is 32.9. The molecule has 0 saturated heterocycles. The van der Waals surface area contributed by atoms with Crippen LogP contribution in [-0.2, 0) is 12.0 Å². The van der Waals surface area contributed by atoms with Crippen LogP contribution in [0.5, 0.6) is 11.5 Å². The Morgan fingerprint density at radius 1 is 0.719 bits per heavy atom. The summed E-state index contributed by atoms with van der Waals surface area (Å²) < 4.78 is 6.37. The van der Waals surface area contributed by atoms with E-state index in [9.17, 15) is 0 Å². The van der Waals surface area contributed by atoms with Gasteiger partial charge in [0.05, 0.1) is 5.69 Å². The normalized spacial score (nSPS) is 11.2. The fraction of sp³-hybridized carbons (Fsp3) is 0.172. The first-order chi connectivity index (χ1) is 15.4. The highest BCUT2D eigenvalue weighted by Crippen LogP contribution is 2.38. The van der Waals surface area contributed by atoms with Gasteiger partial charge in [-0.2, -0.15) is 0 Å². The maximum Gasteiger partial charge on any atom is 0.152 e. The number of ether oxygens (including phenoxy) is 1. The number of halogens is 1. The van der Waals surface area contributed by atoms with Crippen molar-refractivity contribution >= 4 is 17.3 Å². The predicted molar refractivity (Wildman–Crippen MR) is 136 cm³/mol. The van der Waals surface area contributed by atoms with Crippen molar-refractivity contribution in [2.24, 2.45) is 0 Å². The van der Waals surface area contributed by atoms with Crippen molar-refractivity contribution in [1.82, 2.24) is 0 Å². The molecule has 32 heavy (non-hydrogen) atoms. The number of hydrogen-bond acceptors (Lipinski definition) is 2. The molecule has 0 atom stereocenters. The summed E-state index contributed by atoms with van der Waals surface area (Å²) in [5.41, 5.74) is 5.67. The first-order valence-electron chi connectivity index (χ1n) is 10.9. The predicted octanol–water partition coefficient (Wildman–Crippen LogP) is 8.71. The maximum absolute atomic E-state index is 6.37. The second-order valence-corrected chi connectivity index (χ2v) is 9.34. The van der Waals surface area contributed by atoms with Crippen molar-refractivity contribution in [3.63, 3.8) is 0 Å². The number of hydrogen-bond donors (Lipinski definition) is 1. The van der Waals surface area contributed by atoms with Gasteiger partial charge in [-0.1, -0.05) is 105 Å². The minimum Gasteiger partial charge on any atom is -0.455 e. The lowest BCUT2D eigenvalue weighted by molar-refractivity contribution is 0.456. The van der Waals surface area contributed by atoms with Crippen LogP contribution in [0.25, 0.3) is 11.1 Å². The smallest absolute Gasteiger partial charge is 0.152 e. The zero-order valence-corrected chi connectivity index (χ0v) is 19.5. The van der Waals surface area contributed by atoms with Crippen molar-refractivity contribution in [3.05, 3.63) is 113 Å². The van der Waals surface area contributed by atoms with Gasteiger partial charge in [0.15, 0.2) is 5.75 Å². The van der Waals surface area contributed by atoms with Crippen molar-refractivity contribution < 1.29 is 4.74 Å². The fourth-order valence-electron chi connectivity index (χ4n) is 3.66. The summed E-state index contributed by atoms with van der Waals surface area (Å²) in [7, 11) is 0. The molecule has 0 aliphatic rings. The Balaban J connectivity index is 1.52. The summed E-state index contributed by atoms with van der Waals surface area (Å²) in [5.74, 6) is 1.56. The molecule has 4 aromatic rings. The number of anilines is 1. The number of nitrogens with one attached hydrogen (secondary N) is 1. The molecule has 0 spiro atoms. The van der Waals surface area contributed by atoms with E-state index in [1.165, 1.54) is 16.7 Å². The van der Waals surface area contributed by atoms with Crippen molar-refractivity contribution in [2.45, 2.75) is 32.7 Å². The van der Waals surface area contributed by atoms with Crippen LogP contribution in [0.4, 0.5) is 5.69 Å². The Morgan fingerprint density at radius 2 is 1.38 bits per heavy atom. The molecule has 0 fully saturated rings. The molecule has 0 amide bonds. The van der Waals surface area contributed by atoms with Gasteiger partial charge in [0, 0.05) is 23.2 Å². The zero-order valence-electron chi connectivity index (χ0n) is 18.7. The van der Waals surface area contributed by atoms with E-state index in [1.54, 1.807) is 0 Å². The molecule has 0 unspecified atom stereocenters. The minimum atomic E-state index is -0.0245. The number of para-hydroxylation sites is 1. The van der Waals surface area contributed by atoms with Gasteiger partial charge in [0.2, 0.25) is 0 Å². The monoisotopic (exact) mass is 441 g/mol. The highest BCUT2D eigenvalue weighted by atomic mass is 35.5. The topological polar surface area (TPSA) is 21.3 Å². The molecule has 0 radical (unpaired) electrons. The van der Waals surface area contributed by atoms with Crippen LogP contribution >= 0.6 is 11.6 Å². The summed E-state index contributed by atoms with van der Waals surface area (Å²) in [6.45, 7) is 7.25. The highest BCUT2D eigenvalue weighted by molar-refractivity contribution is 6.30. The maximum atomic E-state index is 6.37. The molecule has 3 heteroatoms. The third kappa shape index (κ3) is 5.33. The van der Waals surface area contributed by atoms with Gasteiger partial charge in [-0.15, -0.1) is 0 Å². The molecule has 0 aromatic heterocycles. The zero-order chi connectivity index (χ0) is 22.6. The largest absolute Gasteiger partial charge is 0.455 e. The van der Waals surface area contributed by atoms with Gasteiger partial charge in [-0.3, -0.25) is 0 Å². The molecule has 0 saturated carbocycles. The summed E-state index contributed by atoms with van der Waals surface area (Å²) in [5, 5.41) is 4.16. The van der Waals surface area contributed by atoms with Crippen molar-refractivity contribution in [2.75, 3.05) is 5.32 Å². The van der Waals surface area contributed by atoms with E-state index >= 15 is 0 Å². The van der Waals surface area contributed by atoms with Gasteiger partial charge in [0.1, 0.15) is 5.75 Å². The van der Waals surface area contributed by atoms with Gasteiger partial charge >= 0.3 is 0 Å². The van der Waals surface area contributed by atoms with E-state index < -0.39 is 0 Å². The molecule has 2 nitrogen and oxygen atoms in total. The molecule has 0 bridgehead atoms. The summed E-state index contributed by atoms with van der Waals surface area (Å²) in [6.07, 6.45) is 0. The van der Waals surface area contributed by atoms with Gasteiger partial charge in [0.25, 0.3) is 0 Å². The van der Waals surface area contributed by atoms with E-state index in [4.69, 9.17) is 16.3 Å². The van der Waals surface area contributed by atoms with E-state index in [0.717, 1.165) is 22.7 Å². The highest BCUT2D eigenvalue weighted by Gasteiger charge is 2.19. The molecule has 4 rings (SSSR count). The third-order valence-electron chi connectivity index (χ3n) is 5.40. The van der Waals surface area contributed by atoms with Crippen LogP contribution in [0.2, 0.25) is 5.02 Å². The molecule has 4 aromatic carbocycles. The number of benzene rings is 4. The Labute approximate surface area is 195 Å². The SMILES string of the molecule is CC(C)(C)c1ccccc1Oc1cc(Cl)ccc1NCc1ccc(-c2ccccc2)cc1. The average Bonchev–Trinajstić information content (AvgIpc) is 2.79. The number of rotatable bonds is 6. The van der Waals surface area contributed by atoms with Crippen LogP contribution in [0.1, 0.15) is 31.9 Å². The summed E-state index contributed by atoms with van der Waals surface area (Å²) >= 11 is 6.30. The van der Waals surface area contributed by atoms with Crippen molar-refractivity contribution in [3.8, 4) is 22.6 Å². The van der Waals surface area contributed by atoms with Crippen LogP contribution in [-0.4, -0.2) is 0 Å². The Bertz CT molecular complexity index is 1180. The molecular weight excluding hydrogens is 414 g/mol. The lowest BCUT2D eigenvalue weighted by Gasteiger charge is -2.23. The van der Waals surface area contributed by atoms with E-state index in [1.807, 2.05) is 42.5 Å². The molecule has 0 heterocycles. The van der Waals surface area contributed by atoms with Crippen molar-refractivity contribution in [1.29, 1.82) is 0 Å². The average molecular weight is 442 g/mol. The second kappa shape index (κ2) is 9.50. The molecule has 162 valence electrons. The van der Waals surface area contributed by atoms with Crippen LogP contribution < -0.4 is 10.1 Å². The van der Waals surface area contributed by atoms with Gasteiger partial charge < -0.3 is 10.1 Å². The standard InChI is InChI=1S/C29H28ClNO/c1-29(2,3)25-11-7-8-12-27(25)32-28-19-24(30)17-18-26(28)31-20-21-13-15-23(16-14-21)22-9-5-4-6-10-22/h4-19,31H,20H2,1-3H3. The molecule has 1 N–H and O–H groups in total. The Hall–Kier alpha value is -3.23. The first-order valence-corrected chi connectivity index (χ1v) is 11.2. The third-order valence-corrected chi connectivity index (χ3v) is 5.64. The van der Waals surface area contributed by atoms with E-state index in [0.29, 0.717) is 11.6 Å². The van der Waals surface area contributed by atoms with Gasteiger partial charge in [-0.25, -0.2) is 0 Å². The van der Waals surface area contributed by atoms with E-state index in [-0.39, 0.29) is 5.41 Å². The lowest BCUT2D eigenvalue weighted by Crippen LogP contribution is -2.12. The van der Waals surface area contributed by atoms with Crippen LogP contribution in [0, 0.1) is 0 Å². The van der Waals surface area contributed by atoms with Crippen LogP contribution in [0.3, 0.4) is 0 Å².